The van der Waals surface area contributed by atoms with Gasteiger partial charge in [-0.15, -0.1) is 0 Å². The molecular weight excluding hydrogens is 517 g/mol. The first-order chi connectivity index (χ1) is 17.0. The van der Waals surface area contributed by atoms with Crippen LogP contribution in [-0.4, -0.2) is 28.6 Å². The second-order valence-electron chi connectivity index (χ2n) is 9.21. The summed E-state index contributed by atoms with van der Waals surface area (Å²) in [6.07, 6.45) is -13.2. The number of carbonyl (C=O) groups is 1. The highest BCUT2D eigenvalue weighted by molar-refractivity contribution is 5.67. The summed E-state index contributed by atoms with van der Waals surface area (Å²) in [6.45, 7) is -0.264. The normalized spacial score (nSPS) is 19.7. The summed E-state index contributed by atoms with van der Waals surface area (Å²) in [7, 11) is 0. The molecule has 0 radical (unpaired) electrons. The van der Waals surface area contributed by atoms with E-state index in [9.17, 15) is 44.3 Å². The third kappa shape index (κ3) is 7.86. The van der Waals surface area contributed by atoms with Gasteiger partial charge >= 0.3 is 24.5 Å². The van der Waals surface area contributed by atoms with Gasteiger partial charge in [0.25, 0.3) is 0 Å². The Balaban J connectivity index is 1.84. The average Bonchev–Trinajstić information content (AvgIpc) is 2.77. The number of likely N-dealkylation sites (tertiary alicyclic amines) is 1. The number of hydrogen-bond donors (Lipinski definition) is 1. The predicted octanol–water partition coefficient (Wildman–Crippen LogP) is 7.43. The Bertz CT molecular complexity index is 1080. The predicted molar refractivity (Wildman–Crippen MR) is 115 cm³/mol. The summed E-state index contributed by atoms with van der Waals surface area (Å²) >= 11 is 0. The van der Waals surface area contributed by atoms with Crippen LogP contribution in [0.2, 0.25) is 0 Å². The fraction of sp³-hybridized carbons (Fsp3) is 0.480. The van der Waals surface area contributed by atoms with Crippen molar-refractivity contribution in [2.75, 3.05) is 6.54 Å². The minimum Gasteiger partial charge on any atom is -0.481 e. The van der Waals surface area contributed by atoms with E-state index in [1.54, 1.807) is 4.90 Å². The third-order valence-corrected chi connectivity index (χ3v) is 6.57. The summed E-state index contributed by atoms with van der Waals surface area (Å²) in [5.41, 5.74) is -3.23. The highest BCUT2D eigenvalue weighted by Gasteiger charge is 2.38. The molecule has 0 unspecified atom stereocenters. The van der Waals surface area contributed by atoms with Crippen LogP contribution in [0.25, 0.3) is 0 Å². The zero-order chi connectivity index (χ0) is 27.6. The van der Waals surface area contributed by atoms with Gasteiger partial charge in [-0.1, -0.05) is 12.1 Å². The maximum atomic E-state index is 13.6. The fourth-order valence-electron chi connectivity index (χ4n) is 4.71. The number of rotatable bonds is 7. The largest absolute Gasteiger partial charge is 0.481 e. The number of carboxylic acid groups (broad SMARTS) is 1. The van der Waals surface area contributed by atoms with Gasteiger partial charge in [-0.05, 0) is 79.6 Å². The lowest BCUT2D eigenvalue weighted by atomic mass is 9.85. The summed E-state index contributed by atoms with van der Waals surface area (Å²) in [4.78, 5) is 12.8. The maximum absolute atomic E-state index is 13.6. The van der Waals surface area contributed by atoms with Crippen LogP contribution >= 0.6 is 0 Å². The minimum atomic E-state index is -4.88. The van der Waals surface area contributed by atoms with E-state index >= 15 is 0 Å². The van der Waals surface area contributed by atoms with Crippen LogP contribution < -0.4 is 0 Å². The van der Waals surface area contributed by atoms with Crippen LogP contribution in [0.1, 0.15) is 53.5 Å². The number of aliphatic carboxylic acids is 1. The highest BCUT2D eigenvalue weighted by atomic mass is 19.4. The van der Waals surface area contributed by atoms with Gasteiger partial charge in [0.1, 0.15) is 0 Å². The van der Waals surface area contributed by atoms with Crippen molar-refractivity contribution in [1.82, 2.24) is 4.90 Å². The number of aryl methyl sites for hydroxylation is 1. The minimum absolute atomic E-state index is 0.165. The molecule has 1 aliphatic rings. The Labute approximate surface area is 206 Å². The van der Waals surface area contributed by atoms with Crippen LogP contribution in [0.3, 0.4) is 0 Å². The van der Waals surface area contributed by atoms with Crippen molar-refractivity contribution in [2.24, 2.45) is 5.92 Å². The van der Waals surface area contributed by atoms with Crippen LogP contribution in [0.4, 0.5) is 39.5 Å². The molecule has 12 heteroatoms. The van der Waals surface area contributed by atoms with Crippen molar-refractivity contribution in [2.45, 2.75) is 63.2 Å². The molecule has 0 bridgehead atoms. The second kappa shape index (κ2) is 10.9. The van der Waals surface area contributed by atoms with Gasteiger partial charge in [0.2, 0.25) is 0 Å². The van der Waals surface area contributed by atoms with Crippen LogP contribution in [-0.2, 0) is 36.3 Å². The SMILES string of the molecule is O=C(O)C[C@H]1CCN(Cc2cc(C(F)(F)F)ccc2C(F)(F)F)[C@@H](CCc2ccc(C(F)(F)F)cc2)C1. The number of alkyl halides is 9. The topological polar surface area (TPSA) is 40.5 Å². The van der Waals surface area contributed by atoms with Gasteiger partial charge in [-0.3, -0.25) is 9.69 Å². The highest BCUT2D eigenvalue weighted by Crippen LogP contribution is 2.38. The van der Waals surface area contributed by atoms with E-state index in [0.29, 0.717) is 30.2 Å². The summed E-state index contributed by atoms with van der Waals surface area (Å²) < 4.78 is 119. The number of nitrogens with zero attached hydrogens (tertiary/aromatic N) is 1. The lowest BCUT2D eigenvalue weighted by molar-refractivity contribution is -0.142. The molecule has 1 heterocycles. The monoisotopic (exact) mass is 541 g/mol. The average molecular weight is 541 g/mol. The molecule has 2 aromatic rings. The van der Waals surface area contributed by atoms with Crippen LogP contribution in [0.15, 0.2) is 42.5 Å². The Hall–Kier alpha value is -2.76. The first-order valence-corrected chi connectivity index (χ1v) is 11.4. The van der Waals surface area contributed by atoms with E-state index in [1.807, 2.05) is 0 Å². The molecule has 0 amide bonds. The maximum Gasteiger partial charge on any atom is 0.416 e. The Morgan fingerprint density at radius 2 is 1.46 bits per heavy atom. The number of benzene rings is 2. The molecule has 0 spiro atoms. The van der Waals surface area contributed by atoms with Gasteiger partial charge in [0.05, 0.1) is 16.7 Å². The molecule has 0 aliphatic carbocycles. The Morgan fingerprint density at radius 1 is 0.865 bits per heavy atom. The van der Waals surface area contributed by atoms with E-state index in [4.69, 9.17) is 5.11 Å². The van der Waals surface area contributed by atoms with Crippen molar-refractivity contribution in [3.8, 4) is 0 Å². The Morgan fingerprint density at radius 3 is 2.00 bits per heavy atom. The van der Waals surface area contributed by atoms with Crippen molar-refractivity contribution < 1.29 is 49.4 Å². The first kappa shape index (κ1) is 28.8. The summed E-state index contributed by atoms with van der Waals surface area (Å²) in [6, 6.07) is 5.22. The first-order valence-electron chi connectivity index (χ1n) is 11.4. The molecule has 1 saturated heterocycles. The van der Waals surface area contributed by atoms with Crippen molar-refractivity contribution in [3.63, 3.8) is 0 Å². The summed E-state index contributed by atoms with van der Waals surface area (Å²) in [5, 5.41) is 9.15. The molecule has 0 saturated carbocycles. The van der Waals surface area contributed by atoms with Crippen LogP contribution in [0.5, 0.6) is 0 Å². The van der Waals surface area contributed by atoms with Gasteiger partial charge in [0, 0.05) is 19.0 Å². The van der Waals surface area contributed by atoms with Crippen molar-refractivity contribution in [1.29, 1.82) is 0 Å². The third-order valence-electron chi connectivity index (χ3n) is 6.57. The lowest BCUT2D eigenvalue weighted by Gasteiger charge is -2.40. The smallest absolute Gasteiger partial charge is 0.416 e. The molecule has 37 heavy (non-hydrogen) atoms. The molecule has 0 aromatic heterocycles. The number of halogens is 9. The van der Waals surface area contributed by atoms with E-state index in [1.165, 1.54) is 12.1 Å². The van der Waals surface area contributed by atoms with E-state index in [-0.39, 0.29) is 38.1 Å². The van der Waals surface area contributed by atoms with Gasteiger partial charge in [0.15, 0.2) is 0 Å². The van der Waals surface area contributed by atoms with E-state index < -0.39 is 59.3 Å². The number of hydrogen-bond acceptors (Lipinski definition) is 2. The molecule has 1 aliphatic heterocycles. The van der Waals surface area contributed by atoms with Gasteiger partial charge < -0.3 is 5.11 Å². The fourth-order valence-corrected chi connectivity index (χ4v) is 4.71. The standard InChI is InChI=1S/C25H24F9NO2/c26-23(27,28)18-4-1-15(2-5-18)3-7-20-11-16(12-22(36)37)9-10-35(20)14-17-13-19(24(29,30)31)6-8-21(17)25(32,33)34/h1-2,4-6,8,13,16,20H,3,7,9-12,14H2,(H,36,37)/t16-,20-/m0/s1. The molecule has 204 valence electrons. The zero-order valence-corrected chi connectivity index (χ0v) is 19.4. The lowest BCUT2D eigenvalue weighted by Crippen LogP contribution is -2.43. The number of carboxylic acids is 1. The van der Waals surface area contributed by atoms with Crippen LogP contribution in [0, 0.1) is 5.92 Å². The number of piperidine rings is 1. The summed E-state index contributed by atoms with van der Waals surface area (Å²) in [5.74, 6) is -1.33. The molecule has 3 rings (SSSR count). The molecule has 2 aromatic carbocycles. The van der Waals surface area contributed by atoms with Crippen molar-refractivity contribution in [3.05, 3.63) is 70.3 Å². The van der Waals surface area contributed by atoms with E-state index in [2.05, 4.69) is 0 Å². The molecule has 1 fully saturated rings. The zero-order valence-electron chi connectivity index (χ0n) is 19.4. The van der Waals surface area contributed by atoms with Gasteiger partial charge in [-0.25, -0.2) is 0 Å². The van der Waals surface area contributed by atoms with Gasteiger partial charge in [-0.2, -0.15) is 39.5 Å². The molecule has 2 atom stereocenters. The van der Waals surface area contributed by atoms with E-state index in [0.717, 1.165) is 12.1 Å². The second-order valence-corrected chi connectivity index (χ2v) is 9.21. The Kier molecular flexibility index (Phi) is 8.50. The quantitative estimate of drug-likeness (QED) is 0.371. The molecular formula is C25H24F9NO2. The molecule has 3 nitrogen and oxygen atoms in total. The molecule has 1 N–H and O–H groups in total. The van der Waals surface area contributed by atoms with Crippen molar-refractivity contribution >= 4 is 5.97 Å².